The van der Waals surface area contributed by atoms with Gasteiger partial charge in [0, 0.05) is 19.0 Å². The molecule has 0 unspecified atom stereocenters. The smallest absolute Gasteiger partial charge is 0.171 e. The largest absolute Gasteiger partial charge is 0.486 e. The van der Waals surface area contributed by atoms with Gasteiger partial charge in [-0.2, -0.15) is 0 Å². The fourth-order valence-corrected chi connectivity index (χ4v) is 2.51. The second-order valence-corrected chi connectivity index (χ2v) is 5.29. The average molecular weight is 272 g/mol. The normalized spacial score (nSPS) is 15.7. The molecule has 106 valence electrons. The van der Waals surface area contributed by atoms with Crippen molar-refractivity contribution in [1.29, 1.82) is 0 Å². The van der Waals surface area contributed by atoms with Crippen LogP contribution in [0.15, 0.2) is 24.3 Å². The molecule has 0 aliphatic carbocycles. The van der Waals surface area contributed by atoms with Crippen molar-refractivity contribution in [2.45, 2.75) is 45.4 Å². The van der Waals surface area contributed by atoms with Gasteiger partial charge in [0.15, 0.2) is 5.82 Å². The van der Waals surface area contributed by atoms with Crippen LogP contribution in [0.5, 0.6) is 5.75 Å². The number of benzene rings is 1. The molecule has 1 aliphatic rings. The Morgan fingerprint density at radius 3 is 3.10 bits per heavy atom. The molecule has 5 nitrogen and oxygen atoms in total. The lowest BCUT2D eigenvalue weighted by Gasteiger charge is -2.15. The van der Waals surface area contributed by atoms with Crippen molar-refractivity contribution in [3.63, 3.8) is 0 Å². The molecule has 0 saturated carbocycles. The second-order valence-electron chi connectivity index (χ2n) is 5.29. The van der Waals surface area contributed by atoms with Gasteiger partial charge in [-0.05, 0) is 37.5 Å². The topological polar surface area (TPSA) is 66.0 Å². The summed E-state index contributed by atoms with van der Waals surface area (Å²) in [7, 11) is 0. The number of fused-ring (bicyclic) bond motifs is 1. The van der Waals surface area contributed by atoms with E-state index >= 15 is 0 Å². The molecule has 1 aromatic heterocycles. The van der Waals surface area contributed by atoms with E-state index in [0.717, 1.165) is 35.9 Å². The molecule has 0 bridgehead atoms. The van der Waals surface area contributed by atoms with Gasteiger partial charge < -0.3 is 15.0 Å². The lowest BCUT2D eigenvalue weighted by atomic mass is 10.1. The van der Waals surface area contributed by atoms with E-state index in [4.69, 9.17) is 10.5 Å². The van der Waals surface area contributed by atoms with Gasteiger partial charge in [0.25, 0.3) is 0 Å². The number of nitrogens with zero attached hydrogens (tertiary/aromatic N) is 3. The summed E-state index contributed by atoms with van der Waals surface area (Å²) in [4.78, 5) is 0. The highest BCUT2D eigenvalue weighted by Gasteiger charge is 2.15. The number of aryl methyl sites for hydroxylation is 1. The maximum atomic E-state index is 5.88. The van der Waals surface area contributed by atoms with Crippen LogP contribution in [-0.4, -0.2) is 14.8 Å². The fraction of sp³-hybridized carbons (Fsp3) is 0.467. The van der Waals surface area contributed by atoms with E-state index in [-0.39, 0.29) is 6.04 Å². The van der Waals surface area contributed by atoms with Gasteiger partial charge in [-0.1, -0.05) is 12.1 Å². The van der Waals surface area contributed by atoms with Crippen LogP contribution in [0.4, 0.5) is 0 Å². The Hall–Kier alpha value is -1.88. The number of nitrogens with two attached hydrogens (primary N) is 1. The van der Waals surface area contributed by atoms with E-state index < -0.39 is 0 Å². The first-order chi connectivity index (χ1) is 9.74. The molecule has 1 aliphatic heterocycles. The molecule has 3 rings (SSSR count). The molecule has 1 aromatic carbocycles. The van der Waals surface area contributed by atoms with Gasteiger partial charge in [-0.25, -0.2) is 0 Å². The highest BCUT2D eigenvalue weighted by atomic mass is 16.5. The monoisotopic (exact) mass is 272 g/mol. The SMILES string of the molecule is C[C@@H](N)c1cccc(OCc2nnc3n2CCCC3)c1. The summed E-state index contributed by atoms with van der Waals surface area (Å²) in [6.07, 6.45) is 3.42. The van der Waals surface area contributed by atoms with Gasteiger partial charge in [0.2, 0.25) is 0 Å². The highest BCUT2D eigenvalue weighted by Crippen LogP contribution is 2.20. The highest BCUT2D eigenvalue weighted by molar-refractivity contribution is 5.30. The van der Waals surface area contributed by atoms with Crippen LogP contribution >= 0.6 is 0 Å². The van der Waals surface area contributed by atoms with Crippen molar-refractivity contribution in [3.05, 3.63) is 41.5 Å². The van der Waals surface area contributed by atoms with E-state index in [1.165, 1.54) is 12.8 Å². The molecule has 5 heteroatoms. The van der Waals surface area contributed by atoms with Crippen LogP contribution in [0.25, 0.3) is 0 Å². The van der Waals surface area contributed by atoms with E-state index in [9.17, 15) is 0 Å². The first-order valence-electron chi connectivity index (χ1n) is 7.13. The molecule has 0 saturated heterocycles. The molecule has 0 radical (unpaired) electrons. The van der Waals surface area contributed by atoms with Crippen molar-refractivity contribution in [2.24, 2.45) is 5.73 Å². The van der Waals surface area contributed by atoms with Crippen LogP contribution in [0.1, 0.15) is 43.0 Å². The first kappa shape index (κ1) is 13.1. The number of hydrogen-bond donors (Lipinski definition) is 1. The lowest BCUT2D eigenvalue weighted by Crippen LogP contribution is -2.14. The Kier molecular flexibility index (Phi) is 3.69. The summed E-state index contributed by atoms with van der Waals surface area (Å²) in [5.41, 5.74) is 6.96. The molecular weight excluding hydrogens is 252 g/mol. The van der Waals surface area contributed by atoms with Gasteiger partial charge in [0.05, 0.1) is 0 Å². The summed E-state index contributed by atoms with van der Waals surface area (Å²) in [6.45, 7) is 3.42. The van der Waals surface area contributed by atoms with Crippen LogP contribution < -0.4 is 10.5 Å². The van der Waals surface area contributed by atoms with E-state index in [1.54, 1.807) is 0 Å². The summed E-state index contributed by atoms with van der Waals surface area (Å²) in [5.74, 6) is 2.82. The molecular formula is C15H20N4O. The average Bonchev–Trinajstić information content (AvgIpc) is 2.89. The van der Waals surface area contributed by atoms with E-state index in [2.05, 4.69) is 14.8 Å². The Bertz CT molecular complexity index is 591. The van der Waals surface area contributed by atoms with Crippen LogP contribution in [-0.2, 0) is 19.6 Å². The molecule has 1 atom stereocenters. The second kappa shape index (κ2) is 5.63. The van der Waals surface area contributed by atoms with Gasteiger partial charge in [-0.3, -0.25) is 0 Å². The van der Waals surface area contributed by atoms with Crippen LogP contribution in [0.2, 0.25) is 0 Å². The summed E-state index contributed by atoms with van der Waals surface area (Å²) >= 11 is 0. The van der Waals surface area contributed by atoms with Crippen molar-refractivity contribution in [2.75, 3.05) is 0 Å². The van der Waals surface area contributed by atoms with Crippen molar-refractivity contribution in [1.82, 2.24) is 14.8 Å². The fourth-order valence-electron chi connectivity index (χ4n) is 2.51. The summed E-state index contributed by atoms with van der Waals surface area (Å²) in [5, 5.41) is 8.46. The number of aromatic nitrogens is 3. The Balaban J connectivity index is 1.70. The Morgan fingerprint density at radius 1 is 1.35 bits per heavy atom. The van der Waals surface area contributed by atoms with Gasteiger partial charge in [-0.15, -0.1) is 10.2 Å². The van der Waals surface area contributed by atoms with Crippen molar-refractivity contribution >= 4 is 0 Å². The van der Waals surface area contributed by atoms with E-state index in [0.29, 0.717) is 6.61 Å². The van der Waals surface area contributed by atoms with Crippen LogP contribution in [0.3, 0.4) is 0 Å². The third kappa shape index (κ3) is 2.67. The maximum Gasteiger partial charge on any atom is 0.171 e. The number of hydrogen-bond acceptors (Lipinski definition) is 4. The Morgan fingerprint density at radius 2 is 2.25 bits per heavy atom. The summed E-state index contributed by atoms with van der Waals surface area (Å²) in [6, 6.07) is 7.92. The van der Waals surface area contributed by atoms with Gasteiger partial charge >= 0.3 is 0 Å². The van der Waals surface area contributed by atoms with Crippen molar-refractivity contribution < 1.29 is 4.74 Å². The standard InChI is InChI=1S/C15H20N4O/c1-11(16)12-5-4-6-13(9-12)20-10-15-18-17-14-7-2-3-8-19(14)15/h4-6,9,11H,2-3,7-8,10,16H2,1H3/t11-/m1/s1. The molecule has 2 N–H and O–H groups in total. The summed E-state index contributed by atoms with van der Waals surface area (Å²) < 4.78 is 8.01. The number of ether oxygens (including phenoxy) is 1. The molecule has 0 fully saturated rings. The van der Waals surface area contributed by atoms with Crippen LogP contribution in [0, 0.1) is 0 Å². The minimum atomic E-state index is 0.0133. The predicted molar refractivity (Wildman–Crippen MR) is 76.3 cm³/mol. The predicted octanol–water partition coefficient (Wildman–Crippen LogP) is 2.21. The molecule has 0 spiro atoms. The minimum Gasteiger partial charge on any atom is -0.486 e. The molecule has 20 heavy (non-hydrogen) atoms. The first-order valence-corrected chi connectivity index (χ1v) is 7.13. The zero-order valence-electron chi connectivity index (χ0n) is 11.7. The van der Waals surface area contributed by atoms with E-state index in [1.807, 2.05) is 31.2 Å². The molecule has 2 aromatic rings. The zero-order chi connectivity index (χ0) is 13.9. The third-order valence-corrected chi connectivity index (χ3v) is 3.69. The molecule has 2 heterocycles. The Labute approximate surface area is 118 Å². The molecule has 0 amide bonds. The zero-order valence-corrected chi connectivity index (χ0v) is 11.7. The maximum absolute atomic E-state index is 5.88. The van der Waals surface area contributed by atoms with Gasteiger partial charge in [0.1, 0.15) is 18.2 Å². The number of rotatable bonds is 4. The lowest BCUT2D eigenvalue weighted by molar-refractivity contribution is 0.286. The third-order valence-electron chi connectivity index (χ3n) is 3.69. The minimum absolute atomic E-state index is 0.0133. The quantitative estimate of drug-likeness (QED) is 0.926. The van der Waals surface area contributed by atoms with Crippen molar-refractivity contribution in [3.8, 4) is 5.75 Å².